The van der Waals surface area contributed by atoms with Crippen molar-refractivity contribution in [3.63, 3.8) is 0 Å². The maximum atomic E-state index is 14.2. The molecule has 5 heteroatoms. The van der Waals surface area contributed by atoms with Crippen LogP contribution in [0.2, 0.25) is 0 Å². The van der Waals surface area contributed by atoms with Crippen LogP contribution in [0.5, 0.6) is 0 Å². The van der Waals surface area contributed by atoms with Gasteiger partial charge in [0.25, 0.3) is 0 Å². The van der Waals surface area contributed by atoms with Crippen molar-refractivity contribution in [2.45, 2.75) is 38.4 Å². The molecule has 3 nitrogen and oxygen atoms in total. The average Bonchev–Trinajstić information content (AvgIpc) is 3.48. The van der Waals surface area contributed by atoms with Gasteiger partial charge in [-0.05, 0) is 51.8 Å². The standard InChI is InChI=1S/C23H21FN2OS/c1-23(2,3)28(27)26-22(19-8-5-9-21(24)20(19)15-25)18-7-4-6-17(14-18)13-12-16-10-11-16/h4-9,14,16H,10-11H2,1-3H3/b26-22+/t28-/m0/s1. The minimum absolute atomic E-state index is 0.110. The first-order valence-corrected chi connectivity index (χ1v) is 10.2. The molecule has 1 atom stereocenters. The van der Waals surface area contributed by atoms with Gasteiger partial charge in [0.1, 0.15) is 22.9 Å². The second-order valence-corrected chi connectivity index (χ2v) is 9.61. The third-order valence-electron chi connectivity index (χ3n) is 4.21. The van der Waals surface area contributed by atoms with Crippen LogP contribution in [0, 0.1) is 34.9 Å². The first kappa shape index (κ1) is 20.0. The number of nitrogens with zero attached hydrogens (tertiary/aromatic N) is 2. The molecule has 0 spiro atoms. The second-order valence-electron chi connectivity index (χ2n) is 7.70. The lowest BCUT2D eigenvalue weighted by Gasteiger charge is -2.16. The highest BCUT2D eigenvalue weighted by atomic mass is 32.2. The summed E-state index contributed by atoms with van der Waals surface area (Å²) in [6.07, 6.45) is 2.28. The molecule has 0 aromatic heterocycles. The van der Waals surface area contributed by atoms with Gasteiger partial charge in [-0.15, -0.1) is 0 Å². The van der Waals surface area contributed by atoms with E-state index in [0.29, 0.717) is 22.8 Å². The van der Waals surface area contributed by atoms with Crippen LogP contribution in [-0.4, -0.2) is 14.7 Å². The molecule has 142 valence electrons. The molecular formula is C23H21FN2OS. The third kappa shape index (κ3) is 4.74. The summed E-state index contributed by atoms with van der Waals surface area (Å²) in [5.74, 6) is 6.22. The molecule has 2 aromatic carbocycles. The Bertz CT molecular complexity index is 1060. The quantitative estimate of drug-likeness (QED) is 0.559. The van der Waals surface area contributed by atoms with Crippen LogP contribution in [0.4, 0.5) is 4.39 Å². The maximum absolute atomic E-state index is 14.2. The first-order chi connectivity index (χ1) is 13.3. The number of benzene rings is 2. The molecule has 2 aromatic rings. The van der Waals surface area contributed by atoms with Gasteiger partial charge in [-0.1, -0.05) is 36.1 Å². The molecular weight excluding hydrogens is 371 g/mol. The molecule has 1 aliphatic carbocycles. The van der Waals surface area contributed by atoms with E-state index in [4.69, 9.17) is 0 Å². The van der Waals surface area contributed by atoms with Crippen LogP contribution in [0.15, 0.2) is 46.9 Å². The zero-order valence-electron chi connectivity index (χ0n) is 16.1. The van der Waals surface area contributed by atoms with Crippen LogP contribution >= 0.6 is 0 Å². The number of hydrogen-bond donors (Lipinski definition) is 0. The molecule has 0 amide bonds. The van der Waals surface area contributed by atoms with Crippen molar-refractivity contribution in [1.82, 2.24) is 0 Å². The van der Waals surface area contributed by atoms with E-state index in [1.54, 1.807) is 6.07 Å². The lowest BCUT2D eigenvalue weighted by molar-refractivity contribution is 0.623. The first-order valence-electron chi connectivity index (χ1n) is 9.11. The van der Waals surface area contributed by atoms with Crippen LogP contribution in [0.25, 0.3) is 0 Å². The van der Waals surface area contributed by atoms with E-state index >= 15 is 0 Å². The van der Waals surface area contributed by atoms with E-state index < -0.39 is 21.5 Å². The van der Waals surface area contributed by atoms with Crippen molar-refractivity contribution >= 4 is 16.7 Å². The molecule has 1 fully saturated rings. The highest BCUT2D eigenvalue weighted by molar-refractivity contribution is 7.85. The molecule has 0 saturated heterocycles. The molecule has 0 unspecified atom stereocenters. The van der Waals surface area contributed by atoms with Gasteiger partial charge in [-0.25, -0.2) is 8.60 Å². The summed E-state index contributed by atoms with van der Waals surface area (Å²) in [5.41, 5.74) is 2.02. The molecule has 0 aliphatic heterocycles. The van der Waals surface area contributed by atoms with E-state index in [-0.39, 0.29) is 5.56 Å². The summed E-state index contributed by atoms with van der Waals surface area (Å²) < 4.78 is 30.8. The summed E-state index contributed by atoms with van der Waals surface area (Å²) in [4.78, 5) is 0. The van der Waals surface area contributed by atoms with Crippen LogP contribution in [0.3, 0.4) is 0 Å². The summed E-state index contributed by atoms with van der Waals surface area (Å²) in [6, 6.07) is 13.7. The van der Waals surface area contributed by atoms with Crippen molar-refractivity contribution in [1.29, 1.82) is 5.26 Å². The van der Waals surface area contributed by atoms with Gasteiger partial charge in [-0.3, -0.25) is 0 Å². The Labute approximate surface area is 167 Å². The molecule has 3 rings (SSSR count). The Morgan fingerprint density at radius 3 is 2.57 bits per heavy atom. The summed E-state index contributed by atoms with van der Waals surface area (Å²) >= 11 is 0. The SMILES string of the molecule is CC(C)(C)[S@](=O)/N=C(\c1cccc(C#CC2CC2)c1)c1cccc(F)c1C#N. The number of rotatable bonds is 3. The monoisotopic (exact) mass is 392 g/mol. The van der Waals surface area contributed by atoms with Crippen LogP contribution in [-0.2, 0) is 11.0 Å². The van der Waals surface area contributed by atoms with Crippen molar-refractivity contribution in [2.24, 2.45) is 10.3 Å². The lowest BCUT2D eigenvalue weighted by atomic mass is 9.96. The fourth-order valence-electron chi connectivity index (χ4n) is 2.47. The van der Waals surface area contributed by atoms with E-state index in [0.717, 1.165) is 18.4 Å². The fourth-order valence-corrected chi connectivity index (χ4v) is 3.11. The zero-order valence-corrected chi connectivity index (χ0v) is 16.9. The van der Waals surface area contributed by atoms with E-state index in [9.17, 15) is 13.9 Å². The lowest BCUT2D eigenvalue weighted by Crippen LogP contribution is -2.22. The van der Waals surface area contributed by atoms with Gasteiger partial charge in [0.2, 0.25) is 0 Å². The normalized spacial score (nSPS) is 15.3. The Hall–Kier alpha value is -2.76. The van der Waals surface area contributed by atoms with Gasteiger partial charge in [0.15, 0.2) is 0 Å². The topological polar surface area (TPSA) is 53.2 Å². The van der Waals surface area contributed by atoms with Gasteiger partial charge < -0.3 is 0 Å². The summed E-state index contributed by atoms with van der Waals surface area (Å²) in [7, 11) is -1.57. The Morgan fingerprint density at radius 2 is 1.93 bits per heavy atom. The molecule has 0 bridgehead atoms. The molecule has 0 radical (unpaired) electrons. The highest BCUT2D eigenvalue weighted by Crippen LogP contribution is 2.28. The zero-order chi connectivity index (χ0) is 20.3. The number of nitriles is 1. The molecule has 1 aliphatic rings. The third-order valence-corrected chi connectivity index (χ3v) is 5.61. The molecule has 0 N–H and O–H groups in total. The number of halogens is 1. The number of hydrogen-bond acceptors (Lipinski definition) is 2. The van der Waals surface area contributed by atoms with Crippen molar-refractivity contribution in [2.75, 3.05) is 0 Å². The van der Waals surface area contributed by atoms with Crippen molar-refractivity contribution < 1.29 is 8.60 Å². The van der Waals surface area contributed by atoms with Crippen molar-refractivity contribution in [3.8, 4) is 17.9 Å². The minimum atomic E-state index is -1.57. The fraction of sp³-hybridized carbons (Fsp3) is 0.304. The van der Waals surface area contributed by atoms with Gasteiger partial charge in [-0.2, -0.15) is 9.66 Å². The van der Waals surface area contributed by atoms with Crippen molar-refractivity contribution in [3.05, 3.63) is 70.5 Å². The van der Waals surface area contributed by atoms with E-state index in [1.165, 1.54) is 12.1 Å². The maximum Gasteiger partial charge on any atom is 0.145 e. The second kappa shape index (κ2) is 8.09. The predicted octanol–water partition coefficient (Wildman–Crippen LogP) is 4.76. The molecule has 0 heterocycles. The summed E-state index contributed by atoms with van der Waals surface area (Å²) in [5, 5.41) is 9.45. The largest absolute Gasteiger partial charge is 0.234 e. The molecule has 28 heavy (non-hydrogen) atoms. The Morgan fingerprint density at radius 1 is 1.21 bits per heavy atom. The highest BCUT2D eigenvalue weighted by Gasteiger charge is 2.23. The Kier molecular flexibility index (Phi) is 5.77. The Balaban J connectivity index is 2.16. The van der Waals surface area contributed by atoms with Crippen LogP contribution in [0.1, 0.15) is 55.9 Å². The minimum Gasteiger partial charge on any atom is -0.234 e. The summed E-state index contributed by atoms with van der Waals surface area (Å²) in [6.45, 7) is 5.45. The van der Waals surface area contributed by atoms with Gasteiger partial charge >= 0.3 is 0 Å². The van der Waals surface area contributed by atoms with Gasteiger partial charge in [0, 0.05) is 22.6 Å². The smallest absolute Gasteiger partial charge is 0.145 e. The van der Waals surface area contributed by atoms with Crippen LogP contribution < -0.4 is 0 Å². The average molecular weight is 392 g/mol. The predicted molar refractivity (Wildman–Crippen MR) is 111 cm³/mol. The van der Waals surface area contributed by atoms with E-state index in [1.807, 2.05) is 51.1 Å². The van der Waals surface area contributed by atoms with E-state index in [2.05, 4.69) is 16.2 Å². The molecule has 1 saturated carbocycles. The van der Waals surface area contributed by atoms with Gasteiger partial charge in [0.05, 0.1) is 16.0 Å².